The molecule has 0 amide bonds. The first kappa shape index (κ1) is 17.3. The average molecular weight is 290 g/mol. The minimum atomic E-state index is -0.372. The largest absolute Gasteiger partial charge is 0.493 e. The van der Waals surface area contributed by atoms with Crippen molar-refractivity contribution < 1.29 is 9.47 Å². The Kier molecular flexibility index (Phi) is 7.04. The van der Waals surface area contributed by atoms with Crippen molar-refractivity contribution >= 4 is 0 Å². The van der Waals surface area contributed by atoms with Gasteiger partial charge in [-0.25, -0.2) is 0 Å². The first-order valence-electron chi connectivity index (χ1n) is 7.44. The van der Waals surface area contributed by atoms with Crippen LogP contribution in [0.2, 0.25) is 0 Å². The second-order valence-electron chi connectivity index (χ2n) is 5.72. The molecule has 0 aliphatic carbocycles. The SMILES string of the molecule is CCCNCc1cccc(OC)c1OCCC(C)(C)C#N. The second-order valence-corrected chi connectivity index (χ2v) is 5.72. The summed E-state index contributed by atoms with van der Waals surface area (Å²) in [5.74, 6) is 1.51. The van der Waals surface area contributed by atoms with Crippen molar-refractivity contribution in [2.24, 2.45) is 5.41 Å². The van der Waals surface area contributed by atoms with Crippen LogP contribution in [0.15, 0.2) is 18.2 Å². The van der Waals surface area contributed by atoms with E-state index < -0.39 is 0 Å². The molecule has 0 radical (unpaired) electrons. The summed E-state index contributed by atoms with van der Waals surface area (Å²) >= 11 is 0. The van der Waals surface area contributed by atoms with Crippen LogP contribution in [0.3, 0.4) is 0 Å². The molecule has 0 aromatic heterocycles. The lowest BCUT2D eigenvalue weighted by molar-refractivity contribution is 0.250. The monoisotopic (exact) mass is 290 g/mol. The van der Waals surface area contributed by atoms with Crippen molar-refractivity contribution in [1.29, 1.82) is 5.26 Å². The minimum Gasteiger partial charge on any atom is -0.493 e. The smallest absolute Gasteiger partial charge is 0.165 e. The molecule has 0 unspecified atom stereocenters. The lowest BCUT2D eigenvalue weighted by Gasteiger charge is -2.18. The van der Waals surface area contributed by atoms with Gasteiger partial charge >= 0.3 is 0 Å². The van der Waals surface area contributed by atoms with Crippen LogP contribution in [0.25, 0.3) is 0 Å². The normalized spacial score (nSPS) is 11.0. The van der Waals surface area contributed by atoms with Gasteiger partial charge in [0.1, 0.15) is 0 Å². The number of para-hydroxylation sites is 1. The molecule has 116 valence electrons. The molecule has 0 fully saturated rings. The highest BCUT2D eigenvalue weighted by molar-refractivity contribution is 5.46. The highest BCUT2D eigenvalue weighted by Crippen LogP contribution is 2.32. The van der Waals surface area contributed by atoms with E-state index in [0.717, 1.165) is 36.6 Å². The van der Waals surface area contributed by atoms with Gasteiger partial charge in [0.05, 0.1) is 25.2 Å². The maximum atomic E-state index is 9.05. The van der Waals surface area contributed by atoms with Crippen LogP contribution >= 0.6 is 0 Å². The fraction of sp³-hybridized carbons (Fsp3) is 0.588. The van der Waals surface area contributed by atoms with Crippen molar-refractivity contribution in [1.82, 2.24) is 5.32 Å². The third-order valence-electron chi connectivity index (χ3n) is 3.30. The molecule has 0 aliphatic rings. The minimum absolute atomic E-state index is 0.372. The van der Waals surface area contributed by atoms with E-state index >= 15 is 0 Å². The summed E-state index contributed by atoms with van der Waals surface area (Å²) in [5.41, 5.74) is 0.709. The van der Waals surface area contributed by atoms with Gasteiger partial charge in [0.15, 0.2) is 11.5 Å². The molecular formula is C17H26N2O2. The number of rotatable bonds is 9. The number of ether oxygens (including phenoxy) is 2. The zero-order chi connectivity index (χ0) is 15.7. The van der Waals surface area contributed by atoms with Gasteiger partial charge in [-0.05, 0) is 39.3 Å². The summed E-state index contributed by atoms with van der Waals surface area (Å²) in [6.45, 7) is 8.20. The predicted molar refractivity (Wildman–Crippen MR) is 84.5 cm³/mol. The summed E-state index contributed by atoms with van der Waals surface area (Å²) in [4.78, 5) is 0. The van der Waals surface area contributed by atoms with Gasteiger partial charge in [0.2, 0.25) is 0 Å². The maximum absolute atomic E-state index is 9.05. The molecule has 4 heteroatoms. The molecular weight excluding hydrogens is 264 g/mol. The van der Waals surface area contributed by atoms with Crippen LogP contribution in [0, 0.1) is 16.7 Å². The number of nitrogens with zero attached hydrogens (tertiary/aromatic N) is 1. The quantitative estimate of drug-likeness (QED) is 0.707. The van der Waals surface area contributed by atoms with E-state index in [2.05, 4.69) is 18.3 Å². The molecule has 0 saturated heterocycles. The molecule has 1 rings (SSSR count). The molecule has 0 atom stereocenters. The van der Waals surface area contributed by atoms with E-state index in [1.54, 1.807) is 7.11 Å². The standard InChI is InChI=1S/C17H26N2O2/c1-5-10-19-12-14-7-6-8-15(20-4)16(14)21-11-9-17(2,3)13-18/h6-8,19H,5,9-12H2,1-4H3. The Morgan fingerprint density at radius 3 is 2.71 bits per heavy atom. The number of benzene rings is 1. The van der Waals surface area contributed by atoms with Gasteiger partial charge in [0.25, 0.3) is 0 Å². The second kappa shape index (κ2) is 8.53. The molecule has 21 heavy (non-hydrogen) atoms. The van der Waals surface area contributed by atoms with E-state index in [9.17, 15) is 0 Å². The first-order valence-corrected chi connectivity index (χ1v) is 7.44. The van der Waals surface area contributed by atoms with Gasteiger partial charge in [-0.15, -0.1) is 0 Å². The number of methoxy groups -OCH3 is 1. The van der Waals surface area contributed by atoms with Crippen LogP contribution in [0.1, 0.15) is 39.2 Å². The zero-order valence-corrected chi connectivity index (χ0v) is 13.5. The Morgan fingerprint density at radius 1 is 1.33 bits per heavy atom. The van der Waals surface area contributed by atoms with Crippen molar-refractivity contribution in [3.63, 3.8) is 0 Å². The number of hydrogen-bond acceptors (Lipinski definition) is 4. The third kappa shape index (κ3) is 5.65. The van der Waals surface area contributed by atoms with Crippen molar-refractivity contribution in [2.45, 2.75) is 40.2 Å². The highest BCUT2D eigenvalue weighted by Gasteiger charge is 2.18. The number of nitriles is 1. The summed E-state index contributed by atoms with van der Waals surface area (Å²) in [6, 6.07) is 8.19. The first-order chi connectivity index (χ1) is 10.0. The molecule has 0 saturated carbocycles. The molecule has 0 aliphatic heterocycles. The van der Waals surface area contributed by atoms with Gasteiger partial charge in [-0.2, -0.15) is 5.26 Å². The molecule has 0 bridgehead atoms. The fourth-order valence-corrected chi connectivity index (χ4v) is 1.89. The predicted octanol–water partition coefficient (Wildman–Crippen LogP) is 3.51. The zero-order valence-electron chi connectivity index (χ0n) is 13.5. The van der Waals surface area contributed by atoms with Gasteiger partial charge in [-0.1, -0.05) is 19.1 Å². The summed E-state index contributed by atoms with van der Waals surface area (Å²) in [6.07, 6.45) is 1.78. The third-order valence-corrected chi connectivity index (χ3v) is 3.30. The molecule has 1 aromatic carbocycles. The Balaban J connectivity index is 2.75. The number of nitrogens with one attached hydrogen (secondary N) is 1. The van der Waals surface area contributed by atoms with Crippen LogP contribution in [0.5, 0.6) is 11.5 Å². The Bertz CT molecular complexity index is 478. The van der Waals surface area contributed by atoms with E-state index in [1.165, 1.54) is 0 Å². The van der Waals surface area contributed by atoms with Crippen molar-refractivity contribution in [2.75, 3.05) is 20.3 Å². The van der Waals surface area contributed by atoms with Crippen LogP contribution in [0.4, 0.5) is 0 Å². The van der Waals surface area contributed by atoms with Crippen LogP contribution in [-0.2, 0) is 6.54 Å². The van der Waals surface area contributed by atoms with Gasteiger partial charge in [0, 0.05) is 12.1 Å². The lowest BCUT2D eigenvalue weighted by atomic mass is 9.92. The summed E-state index contributed by atoms with van der Waals surface area (Å²) in [5, 5.41) is 12.4. The topological polar surface area (TPSA) is 54.3 Å². The molecule has 4 nitrogen and oxygen atoms in total. The Hall–Kier alpha value is -1.73. The van der Waals surface area contributed by atoms with E-state index in [0.29, 0.717) is 13.0 Å². The molecule has 0 spiro atoms. The summed E-state index contributed by atoms with van der Waals surface area (Å²) in [7, 11) is 1.64. The van der Waals surface area contributed by atoms with E-state index in [4.69, 9.17) is 14.7 Å². The van der Waals surface area contributed by atoms with Crippen LogP contribution < -0.4 is 14.8 Å². The van der Waals surface area contributed by atoms with Gasteiger partial charge < -0.3 is 14.8 Å². The van der Waals surface area contributed by atoms with Crippen molar-refractivity contribution in [3.05, 3.63) is 23.8 Å². The van der Waals surface area contributed by atoms with Crippen molar-refractivity contribution in [3.8, 4) is 17.6 Å². The maximum Gasteiger partial charge on any atom is 0.165 e. The van der Waals surface area contributed by atoms with E-state index in [-0.39, 0.29) is 5.41 Å². The summed E-state index contributed by atoms with van der Waals surface area (Å²) < 4.78 is 11.3. The number of hydrogen-bond donors (Lipinski definition) is 1. The highest BCUT2D eigenvalue weighted by atomic mass is 16.5. The molecule has 0 heterocycles. The molecule has 1 N–H and O–H groups in total. The Labute approximate surface area is 128 Å². The Morgan fingerprint density at radius 2 is 2.10 bits per heavy atom. The fourth-order valence-electron chi connectivity index (χ4n) is 1.89. The average Bonchev–Trinajstić information content (AvgIpc) is 2.48. The molecule has 1 aromatic rings. The van der Waals surface area contributed by atoms with Gasteiger partial charge in [-0.3, -0.25) is 0 Å². The van der Waals surface area contributed by atoms with Crippen LogP contribution in [-0.4, -0.2) is 20.3 Å². The lowest BCUT2D eigenvalue weighted by Crippen LogP contribution is -2.17. The van der Waals surface area contributed by atoms with E-state index in [1.807, 2.05) is 32.0 Å².